The Morgan fingerprint density at radius 3 is 2.68 bits per heavy atom. The maximum Gasteiger partial charge on any atom is 0.306 e. The number of aryl methyl sites for hydroxylation is 1. The van der Waals surface area contributed by atoms with Gasteiger partial charge in [0.25, 0.3) is 0 Å². The van der Waals surface area contributed by atoms with Crippen molar-refractivity contribution in [3.8, 4) is 5.95 Å². The second-order valence-corrected chi connectivity index (χ2v) is 6.38. The van der Waals surface area contributed by atoms with Crippen LogP contribution in [0.15, 0.2) is 49.1 Å². The predicted octanol–water partition coefficient (Wildman–Crippen LogP) is 3.31. The number of rotatable bonds is 5. The molecule has 0 bridgehead atoms. The summed E-state index contributed by atoms with van der Waals surface area (Å²) in [6.07, 6.45) is 6.82. The Morgan fingerprint density at radius 1 is 1.21 bits per heavy atom. The van der Waals surface area contributed by atoms with Crippen molar-refractivity contribution in [1.29, 1.82) is 0 Å². The summed E-state index contributed by atoms with van der Waals surface area (Å²) >= 11 is 0. The highest BCUT2D eigenvalue weighted by Gasteiger charge is 2.28. The zero-order valence-corrected chi connectivity index (χ0v) is 16.6. The molecule has 1 aromatic carbocycles. The molecule has 7 nitrogen and oxygen atoms in total. The molecule has 148 valence electrons. The van der Waals surface area contributed by atoms with Gasteiger partial charge in [0, 0.05) is 24.5 Å². The Balaban J connectivity index is 0.00000140. The normalized spacial score (nSPS) is 14.9. The molecule has 0 saturated carbocycles. The van der Waals surface area contributed by atoms with Crippen LogP contribution in [0.3, 0.4) is 0 Å². The number of nitrogens with zero attached hydrogens (tertiary/aromatic N) is 4. The summed E-state index contributed by atoms with van der Waals surface area (Å²) in [6.45, 7) is 0.616. The van der Waals surface area contributed by atoms with Crippen LogP contribution in [0.2, 0.25) is 0 Å². The molecule has 28 heavy (non-hydrogen) atoms. The number of carbonyl (C=O) groups is 1. The van der Waals surface area contributed by atoms with Crippen LogP contribution in [0.5, 0.6) is 0 Å². The Morgan fingerprint density at radius 2 is 2.00 bits per heavy atom. The summed E-state index contributed by atoms with van der Waals surface area (Å²) in [5.41, 5.74) is 2.95. The second kappa shape index (κ2) is 9.52. The molecule has 4 rings (SSSR count). The number of carboxylic acid groups (broad SMARTS) is 1. The van der Waals surface area contributed by atoms with E-state index in [2.05, 4.69) is 20.3 Å². The molecule has 0 amide bonds. The lowest BCUT2D eigenvalue weighted by Gasteiger charge is -2.24. The van der Waals surface area contributed by atoms with E-state index in [4.69, 9.17) is 0 Å². The monoisotopic (exact) mass is 421 g/mol. The van der Waals surface area contributed by atoms with Crippen molar-refractivity contribution in [1.82, 2.24) is 19.5 Å². The maximum absolute atomic E-state index is 11.4. The molecule has 1 aliphatic carbocycles. The van der Waals surface area contributed by atoms with Gasteiger partial charge in [0.05, 0.1) is 11.6 Å². The molecule has 0 fully saturated rings. The van der Waals surface area contributed by atoms with Crippen molar-refractivity contribution in [2.75, 3.05) is 5.32 Å². The minimum Gasteiger partial charge on any atom is -0.481 e. The number of fused-ring (bicyclic) bond motifs is 1. The number of carboxylic acids is 1. The van der Waals surface area contributed by atoms with E-state index >= 15 is 0 Å². The fourth-order valence-corrected chi connectivity index (χ4v) is 3.23. The van der Waals surface area contributed by atoms with Gasteiger partial charge in [0.15, 0.2) is 0 Å². The van der Waals surface area contributed by atoms with E-state index in [-0.39, 0.29) is 30.7 Å². The van der Waals surface area contributed by atoms with Crippen LogP contribution in [-0.4, -0.2) is 30.6 Å². The molecule has 3 aromatic rings. The minimum atomic E-state index is -0.761. The van der Waals surface area contributed by atoms with Gasteiger partial charge in [-0.1, -0.05) is 30.3 Å². The molecule has 0 radical (unpaired) electrons. The van der Waals surface area contributed by atoms with Crippen LogP contribution in [-0.2, 0) is 24.2 Å². The summed E-state index contributed by atoms with van der Waals surface area (Å²) < 4.78 is 1.76. The first-order valence-corrected chi connectivity index (χ1v) is 8.59. The first kappa shape index (κ1) is 21.7. The number of hydrogen-bond acceptors (Lipinski definition) is 5. The maximum atomic E-state index is 11.4. The third-order valence-electron chi connectivity index (χ3n) is 4.65. The molecular formula is C19H21Cl2N5O2. The van der Waals surface area contributed by atoms with E-state index in [0.717, 1.165) is 16.8 Å². The van der Waals surface area contributed by atoms with Gasteiger partial charge in [-0.25, -0.2) is 9.97 Å². The Kier molecular flexibility index (Phi) is 7.37. The minimum absolute atomic E-state index is 0. The van der Waals surface area contributed by atoms with Gasteiger partial charge in [-0.3, -0.25) is 9.36 Å². The predicted molar refractivity (Wildman–Crippen MR) is 111 cm³/mol. The van der Waals surface area contributed by atoms with Crippen molar-refractivity contribution in [2.45, 2.75) is 25.8 Å². The Labute approximate surface area is 175 Å². The van der Waals surface area contributed by atoms with Crippen LogP contribution in [0.25, 0.3) is 5.95 Å². The van der Waals surface area contributed by atoms with Crippen molar-refractivity contribution in [2.24, 2.45) is 5.92 Å². The number of aromatic nitrogens is 4. The highest BCUT2D eigenvalue weighted by atomic mass is 35.5. The summed E-state index contributed by atoms with van der Waals surface area (Å²) in [5.74, 6) is 0.102. The van der Waals surface area contributed by atoms with E-state index in [9.17, 15) is 9.90 Å². The average molecular weight is 422 g/mol. The molecule has 1 aliphatic rings. The van der Waals surface area contributed by atoms with Gasteiger partial charge in [0.2, 0.25) is 5.95 Å². The van der Waals surface area contributed by atoms with Crippen LogP contribution in [0, 0.1) is 5.92 Å². The van der Waals surface area contributed by atoms with E-state index < -0.39 is 5.97 Å². The van der Waals surface area contributed by atoms with Crippen molar-refractivity contribution in [3.63, 3.8) is 0 Å². The lowest BCUT2D eigenvalue weighted by Crippen LogP contribution is -2.25. The van der Waals surface area contributed by atoms with Crippen molar-refractivity contribution in [3.05, 3.63) is 65.9 Å². The molecule has 1 unspecified atom stereocenters. The van der Waals surface area contributed by atoms with Gasteiger partial charge >= 0.3 is 5.97 Å². The average Bonchev–Trinajstić information content (AvgIpc) is 3.21. The standard InChI is InChI=1S/C19H19N5O2.2ClH/c25-18(26)14-6-7-16-15(10-14)17(21-11-13-4-2-1-3-5-13)23-19(22-16)24-9-8-20-12-24;;/h1-5,8-9,12,14H,6-7,10-11H2,(H,25,26)(H,21,22,23);2*1H. The molecule has 2 aromatic heterocycles. The summed E-state index contributed by atoms with van der Waals surface area (Å²) in [7, 11) is 0. The fourth-order valence-electron chi connectivity index (χ4n) is 3.23. The Bertz CT molecular complexity index is 920. The van der Waals surface area contributed by atoms with Gasteiger partial charge in [-0.05, 0) is 24.8 Å². The highest BCUT2D eigenvalue weighted by Crippen LogP contribution is 2.30. The molecule has 2 N–H and O–H groups in total. The van der Waals surface area contributed by atoms with Crippen LogP contribution < -0.4 is 5.32 Å². The third kappa shape index (κ3) is 4.61. The SMILES string of the molecule is Cl.Cl.O=C(O)C1CCc2nc(-n3ccnc3)nc(NCc3ccccc3)c2C1. The molecule has 0 spiro atoms. The molecule has 0 aliphatic heterocycles. The molecule has 0 saturated heterocycles. The number of anilines is 1. The van der Waals surface area contributed by atoms with Gasteiger partial charge < -0.3 is 10.4 Å². The number of imidazole rings is 1. The van der Waals surface area contributed by atoms with Crippen molar-refractivity contribution < 1.29 is 9.90 Å². The number of halogens is 2. The van der Waals surface area contributed by atoms with Gasteiger partial charge in [0.1, 0.15) is 12.1 Å². The van der Waals surface area contributed by atoms with E-state index in [1.807, 2.05) is 30.3 Å². The molecule has 2 heterocycles. The number of aliphatic carboxylic acids is 1. The summed E-state index contributed by atoms with van der Waals surface area (Å²) in [4.78, 5) is 24.8. The first-order valence-electron chi connectivity index (χ1n) is 8.59. The topological polar surface area (TPSA) is 92.9 Å². The molecule has 9 heteroatoms. The quantitative estimate of drug-likeness (QED) is 0.656. The van der Waals surface area contributed by atoms with Gasteiger partial charge in [-0.2, -0.15) is 4.98 Å². The van der Waals surface area contributed by atoms with Crippen LogP contribution >= 0.6 is 24.8 Å². The third-order valence-corrected chi connectivity index (χ3v) is 4.65. The van der Waals surface area contributed by atoms with Crippen molar-refractivity contribution >= 4 is 36.6 Å². The van der Waals surface area contributed by atoms with Gasteiger partial charge in [-0.15, -0.1) is 24.8 Å². The molecular weight excluding hydrogens is 401 g/mol. The van der Waals surface area contributed by atoms with E-state index in [1.165, 1.54) is 0 Å². The second-order valence-electron chi connectivity index (χ2n) is 6.38. The Hall–Kier alpha value is -2.64. The lowest BCUT2D eigenvalue weighted by atomic mass is 9.87. The first-order chi connectivity index (χ1) is 12.7. The van der Waals surface area contributed by atoms with E-state index in [0.29, 0.717) is 37.6 Å². The summed E-state index contributed by atoms with van der Waals surface area (Å²) in [6, 6.07) is 10.0. The fraction of sp³-hybridized carbons (Fsp3) is 0.263. The lowest BCUT2D eigenvalue weighted by molar-refractivity contribution is -0.142. The van der Waals surface area contributed by atoms with Crippen LogP contribution in [0.1, 0.15) is 23.2 Å². The highest BCUT2D eigenvalue weighted by molar-refractivity contribution is 5.85. The smallest absolute Gasteiger partial charge is 0.306 e. The summed E-state index contributed by atoms with van der Waals surface area (Å²) in [5, 5.41) is 12.8. The van der Waals surface area contributed by atoms with Crippen LogP contribution in [0.4, 0.5) is 5.82 Å². The largest absolute Gasteiger partial charge is 0.481 e. The number of nitrogens with one attached hydrogen (secondary N) is 1. The van der Waals surface area contributed by atoms with E-state index in [1.54, 1.807) is 23.3 Å². The number of hydrogen-bond donors (Lipinski definition) is 2. The zero-order valence-electron chi connectivity index (χ0n) is 15.0. The zero-order chi connectivity index (χ0) is 17.9. The molecule has 1 atom stereocenters. The number of benzene rings is 1.